The van der Waals surface area contributed by atoms with Gasteiger partial charge in [0.25, 0.3) is 0 Å². The molecular weight excluding hydrogens is 466 g/mol. The number of rotatable bonds is 10. The molecule has 0 spiro atoms. The molecule has 2 aromatic carbocycles. The molecule has 0 amide bonds. The van der Waals surface area contributed by atoms with Crippen LogP contribution in [0.5, 0.6) is 17.2 Å². The van der Waals surface area contributed by atoms with E-state index < -0.39 is 0 Å². The maximum absolute atomic E-state index is 5.91. The summed E-state index contributed by atoms with van der Waals surface area (Å²) in [6.45, 7) is 6.84. The topological polar surface area (TPSA) is 58.4 Å². The summed E-state index contributed by atoms with van der Waals surface area (Å²) < 4.78 is 19.6. The number of benzene rings is 2. The summed E-state index contributed by atoms with van der Waals surface area (Å²) >= 11 is 5.20. The van der Waals surface area contributed by atoms with Crippen molar-refractivity contribution in [2.75, 3.05) is 14.2 Å². The first-order valence-corrected chi connectivity index (χ1v) is 11.1. The van der Waals surface area contributed by atoms with Crippen molar-refractivity contribution in [3.05, 3.63) is 70.5 Å². The summed E-state index contributed by atoms with van der Waals surface area (Å²) in [5.74, 6) is 3.63. The van der Waals surface area contributed by atoms with Gasteiger partial charge in [-0.1, -0.05) is 45.9 Å². The van der Waals surface area contributed by atoms with E-state index in [1.54, 1.807) is 26.0 Å². The van der Waals surface area contributed by atoms with Crippen LogP contribution in [0.1, 0.15) is 17.0 Å². The Hall–Kier alpha value is -2.45. The highest BCUT2D eigenvalue weighted by molar-refractivity contribution is 9.10. The van der Waals surface area contributed by atoms with E-state index in [-0.39, 0.29) is 0 Å². The molecule has 0 bridgehead atoms. The van der Waals surface area contributed by atoms with Crippen LogP contribution in [-0.4, -0.2) is 29.0 Å². The van der Waals surface area contributed by atoms with Gasteiger partial charge in [-0.25, -0.2) is 0 Å². The van der Waals surface area contributed by atoms with Crippen molar-refractivity contribution in [2.45, 2.75) is 31.0 Å². The molecule has 0 aliphatic carbocycles. The monoisotopic (exact) mass is 489 g/mol. The molecule has 0 aliphatic rings. The molecule has 0 radical (unpaired) electrons. The van der Waals surface area contributed by atoms with Crippen LogP contribution in [0.3, 0.4) is 0 Å². The Morgan fingerprint density at radius 2 is 1.90 bits per heavy atom. The Morgan fingerprint density at radius 1 is 1.13 bits per heavy atom. The molecule has 3 aromatic rings. The van der Waals surface area contributed by atoms with Gasteiger partial charge in [0.15, 0.2) is 22.5 Å². The maximum Gasteiger partial charge on any atom is 0.191 e. The Labute approximate surface area is 189 Å². The smallest absolute Gasteiger partial charge is 0.191 e. The van der Waals surface area contributed by atoms with E-state index in [1.165, 1.54) is 0 Å². The summed E-state index contributed by atoms with van der Waals surface area (Å²) in [4.78, 5) is 0. The van der Waals surface area contributed by atoms with E-state index in [0.717, 1.165) is 32.3 Å². The maximum atomic E-state index is 5.91. The van der Waals surface area contributed by atoms with Gasteiger partial charge in [0, 0.05) is 16.8 Å². The van der Waals surface area contributed by atoms with Crippen LogP contribution >= 0.6 is 27.7 Å². The quantitative estimate of drug-likeness (QED) is 0.279. The van der Waals surface area contributed by atoms with Crippen LogP contribution in [0.15, 0.2) is 58.7 Å². The third-order valence-electron chi connectivity index (χ3n) is 4.37. The van der Waals surface area contributed by atoms with Crippen LogP contribution in [0.2, 0.25) is 0 Å². The van der Waals surface area contributed by atoms with Gasteiger partial charge in [0.1, 0.15) is 12.4 Å². The van der Waals surface area contributed by atoms with Crippen molar-refractivity contribution in [2.24, 2.45) is 0 Å². The predicted molar refractivity (Wildman–Crippen MR) is 123 cm³/mol. The number of aryl methyl sites for hydroxylation is 1. The molecule has 0 atom stereocenters. The first-order valence-electron chi connectivity index (χ1n) is 9.31. The van der Waals surface area contributed by atoms with Gasteiger partial charge in [-0.2, -0.15) is 0 Å². The van der Waals surface area contributed by atoms with E-state index in [2.05, 4.69) is 32.7 Å². The fourth-order valence-electron chi connectivity index (χ4n) is 2.85. The molecule has 30 heavy (non-hydrogen) atoms. The van der Waals surface area contributed by atoms with Crippen molar-refractivity contribution >= 4 is 27.7 Å². The Morgan fingerprint density at radius 3 is 2.60 bits per heavy atom. The lowest BCUT2D eigenvalue weighted by Gasteiger charge is -2.12. The summed E-state index contributed by atoms with van der Waals surface area (Å²) in [5.41, 5.74) is 2.22. The molecule has 0 unspecified atom stereocenters. The molecule has 0 N–H and O–H groups in total. The van der Waals surface area contributed by atoms with Gasteiger partial charge >= 0.3 is 0 Å². The van der Waals surface area contributed by atoms with Gasteiger partial charge in [0.2, 0.25) is 0 Å². The Bertz CT molecular complexity index is 1020. The van der Waals surface area contributed by atoms with Crippen LogP contribution in [0, 0.1) is 6.92 Å². The Balaban J connectivity index is 1.74. The van der Waals surface area contributed by atoms with E-state index in [1.807, 2.05) is 54.0 Å². The van der Waals surface area contributed by atoms with Crippen molar-refractivity contribution in [3.8, 4) is 17.2 Å². The number of aromatic nitrogens is 3. The molecule has 3 rings (SSSR count). The number of allylic oxidation sites excluding steroid dienone is 1. The zero-order valence-corrected chi connectivity index (χ0v) is 19.6. The first-order chi connectivity index (χ1) is 14.5. The van der Waals surface area contributed by atoms with E-state index >= 15 is 0 Å². The average molecular weight is 490 g/mol. The lowest BCUT2D eigenvalue weighted by atomic mass is 10.2. The molecular formula is C22H24BrN3O3S. The first kappa shape index (κ1) is 22.2. The second kappa shape index (κ2) is 10.5. The second-order valence-corrected chi connectivity index (χ2v) is 8.29. The highest BCUT2D eigenvalue weighted by Crippen LogP contribution is 2.36. The van der Waals surface area contributed by atoms with E-state index in [9.17, 15) is 0 Å². The van der Waals surface area contributed by atoms with Crippen molar-refractivity contribution in [1.82, 2.24) is 14.8 Å². The number of halogens is 1. The number of nitrogens with zero attached hydrogens (tertiary/aromatic N) is 3. The lowest BCUT2D eigenvalue weighted by Crippen LogP contribution is -2.07. The van der Waals surface area contributed by atoms with Crippen molar-refractivity contribution in [1.29, 1.82) is 0 Å². The van der Waals surface area contributed by atoms with Gasteiger partial charge in [0.05, 0.1) is 14.2 Å². The molecule has 0 aliphatic heterocycles. The van der Waals surface area contributed by atoms with Gasteiger partial charge in [-0.05, 0) is 42.3 Å². The van der Waals surface area contributed by atoms with Crippen LogP contribution < -0.4 is 14.2 Å². The van der Waals surface area contributed by atoms with Gasteiger partial charge in [-0.3, -0.25) is 4.57 Å². The molecule has 0 saturated carbocycles. The van der Waals surface area contributed by atoms with Gasteiger partial charge < -0.3 is 14.2 Å². The fraction of sp³-hybridized carbons (Fsp3) is 0.273. The zero-order chi connectivity index (χ0) is 21.5. The third kappa shape index (κ3) is 5.37. The number of ether oxygens (including phenoxy) is 3. The molecule has 1 heterocycles. The fourth-order valence-corrected chi connectivity index (χ4v) is 4.45. The lowest BCUT2D eigenvalue weighted by molar-refractivity contribution is 0.289. The molecule has 0 saturated heterocycles. The average Bonchev–Trinajstić information content (AvgIpc) is 3.13. The van der Waals surface area contributed by atoms with Crippen LogP contribution in [-0.2, 0) is 18.9 Å². The minimum absolute atomic E-state index is 0.338. The minimum Gasteiger partial charge on any atom is -0.493 e. The minimum atomic E-state index is 0.338. The summed E-state index contributed by atoms with van der Waals surface area (Å²) in [5, 5.41) is 9.50. The summed E-state index contributed by atoms with van der Waals surface area (Å²) in [6, 6.07) is 11.8. The number of methoxy groups -OCH3 is 2. The van der Waals surface area contributed by atoms with Crippen LogP contribution in [0.4, 0.5) is 0 Å². The zero-order valence-electron chi connectivity index (χ0n) is 17.2. The highest BCUT2D eigenvalue weighted by Gasteiger charge is 2.15. The van der Waals surface area contributed by atoms with Crippen molar-refractivity contribution < 1.29 is 14.2 Å². The van der Waals surface area contributed by atoms with Crippen molar-refractivity contribution in [3.63, 3.8) is 0 Å². The van der Waals surface area contributed by atoms with Crippen LogP contribution in [0.25, 0.3) is 0 Å². The van der Waals surface area contributed by atoms with E-state index in [4.69, 9.17) is 14.2 Å². The molecule has 6 nitrogen and oxygen atoms in total. The number of thioether (sulfide) groups is 1. The summed E-state index contributed by atoms with van der Waals surface area (Å²) in [6.07, 6.45) is 1.83. The predicted octanol–water partition coefficient (Wildman–Crippen LogP) is 5.42. The molecule has 0 fully saturated rings. The number of hydrogen-bond donors (Lipinski definition) is 0. The third-order valence-corrected chi connectivity index (χ3v) is 6.13. The normalized spacial score (nSPS) is 10.7. The number of hydrogen-bond acceptors (Lipinski definition) is 6. The Kier molecular flexibility index (Phi) is 7.81. The van der Waals surface area contributed by atoms with Gasteiger partial charge in [-0.15, -0.1) is 16.8 Å². The highest BCUT2D eigenvalue weighted by atomic mass is 79.9. The second-order valence-electron chi connectivity index (χ2n) is 6.49. The summed E-state index contributed by atoms with van der Waals surface area (Å²) in [7, 11) is 3.25. The van der Waals surface area contributed by atoms with E-state index in [0.29, 0.717) is 30.4 Å². The molecule has 1 aromatic heterocycles. The standard InChI is InChI=1S/C22H24BrN3O3S/c1-5-9-26-21(13-29-17-8-6-7-15(2)10-17)24-25-22(26)30-14-16-11-19(27-3)20(28-4)12-18(16)23/h5-8,10-12H,1,9,13-14H2,2-4H3. The molecule has 158 valence electrons. The SMILES string of the molecule is C=CCn1c(COc2cccc(C)c2)nnc1SCc1cc(OC)c(OC)cc1Br. The largest absolute Gasteiger partial charge is 0.493 e. The molecule has 8 heteroatoms.